The van der Waals surface area contributed by atoms with Crippen molar-refractivity contribution in [2.45, 2.75) is 18.9 Å². The molecule has 0 aliphatic heterocycles. The molecule has 1 heterocycles. The molecule has 0 aromatic carbocycles. The summed E-state index contributed by atoms with van der Waals surface area (Å²) in [6, 6.07) is 0. The zero-order chi connectivity index (χ0) is 8.97. The molecule has 2 N–H and O–H groups in total. The van der Waals surface area contributed by atoms with Crippen LogP contribution in [0.25, 0.3) is 0 Å². The van der Waals surface area contributed by atoms with Crippen molar-refractivity contribution in [3.63, 3.8) is 0 Å². The highest BCUT2D eigenvalue weighted by Crippen LogP contribution is 2.14. The summed E-state index contributed by atoms with van der Waals surface area (Å²) in [6.45, 7) is 1.51. The topological polar surface area (TPSA) is 66.2 Å². The molecule has 0 fully saturated rings. The highest BCUT2D eigenvalue weighted by Gasteiger charge is 2.17. The van der Waals surface area contributed by atoms with Crippen molar-refractivity contribution >= 4 is 0 Å². The van der Waals surface area contributed by atoms with Gasteiger partial charge >= 0.3 is 0 Å². The van der Waals surface area contributed by atoms with Crippen LogP contribution in [-0.4, -0.2) is 32.9 Å². The van der Waals surface area contributed by atoms with E-state index in [0.717, 1.165) is 0 Å². The molecule has 2 unspecified atom stereocenters. The molecule has 0 spiro atoms. The summed E-state index contributed by atoms with van der Waals surface area (Å²) in [7, 11) is 0. The monoisotopic (exact) mass is 168 g/mol. The Hall–Kier alpha value is -1.00. The van der Waals surface area contributed by atoms with E-state index in [9.17, 15) is 5.11 Å². The summed E-state index contributed by atoms with van der Waals surface area (Å²) in [5.41, 5.74) is 0.620. The van der Waals surface area contributed by atoms with Crippen LogP contribution in [0.1, 0.15) is 18.5 Å². The molecule has 12 heavy (non-hydrogen) atoms. The van der Waals surface area contributed by atoms with Gasteiger partial charge in [-0.05, 0) is 6.92 Å². The lowest BCUT2D eigenvalue weighted by molar-refractivity contribution is 0.119. The van der Waals surface area contributed by atoms with Crippen molar-refractivity contribution in [2.24, 2.45) is 0 Å². The first-order valence-corrected chi connectivity index (χ1v) is 3.80. The van der Waals surface area contributed by atoms with Crippen molar-refractivity contribution < 1.29 is 10.2 Å². The molecule has 0 saturated carbocycles. The van der Waals surface area contributed by atoms with E-state index in [-0.39, 0.29) is 12.5 Å². The lowest BCUT2D eigenvalue weighted by atomic mass is 10.0. The van der Waals surface area contributed by atoms with Gasteiger partial charge in [-0.25, -0.2) is 0 Å². The second-order valence-corrected chi connectivity index (χ2v) is 2.66. The Morgan fingerprint density at radius 3 is 2.67 bits per heavy atom. The van der Waals surface area contributed by atoms with Crippen LogP contribution in [-0.2, 0) is 0 Å². The van der Waals surface area contributed by atoms with Crippen molar-refractivity contribution in [1.29, 1.82) is 0 Å². The molecular weight excluding hydrogens is 156 g/mol. The van der Waals surface area contributed by atoms with Crippen molar-refractivity contribution in [3.8, 4) is 0 Å². The molecule has 1 aromatic rings. The third-order valence-electron chi connectivity index (χ3n) is 1.74. The first-order valence-electron chi connectivity index (χ1n) is 3.80. The Morgan fingerprint density at radius 1 is 1.50 bits per heavy atom. The summed E-state index contributed by atoms with van der Waals surface area (Å²) >= 11 is 0. The van der Waals surface area contributed by atoms with Crippen LogP contribution in [0, 0.1) is 0 Å². The van der Waals surface area contributed by atoms with Gasteiger partial charge in [0.25, 0.3) is 0 Å². The van der Waals surface area contributed by atoms with Gasteiger partial charge < -0.3 is 10.2 Å². The first kappa shape index (κ1) is 9.09. The number of hydrogen-bond acceptors (Lipinski definition) is 4. The molecule has 1 aromatic heterocycles. The van der Waals surface area contributed by atoms with E-state index < -0.39 is 6.10 Å². The van der Waals surface area contributed by atoms with Crippen LogP contribution in [0.5, 0.6) is 0 Å². The van der Waals surface area contributed by atoms with Gasteiger partial charge in [0.1, 0.15) is 0 Å². The fraction of sp³-hybridized carbons (Fsp3) is 0.500. The maximum absolute atomic E-state index is 9.24. The molecule has 0 aliphatic carbocycles. The fourth-order valence-corrected chi connectivity index (χ4v) is 0.995. The standard InChI is InChI=1S/C8H12N2O2/c1-6(12)7(5-11)8-4-9-2-3-10-8/h2-4,6-7,11-12H,5H2,1H3. The van der Waals surface area contributed by atoms with E-state index in [4.69, 9.17) is 5.11 Å². The summed E-state index contributed by atoms with van der Waals surface area (Å²) in [4.78, 5) is 7.84. The van der Waals surface area contributed by atoms with Gasteiger partial charge in [0.05, 0.1) is 24.3 Å². The fourth-order valence-electron chi connectivity index (χ4n) is 0.995. The second-order valence-electron chi connectivity index (χ2n) is 2.66. The summed E-state index contributed by atoms with van der Waals surface area (Å²) in [5.74, 6) is -0.335. The maximum atomic E-state index is 9.24. The van der Waals surface area contributed by atoms with Crippen LogP contribution in [0.2, 0.25) is 0 Å². The molecular formula is C8H12N2O2. The lowest BCUT2D eigenvalue weighted by Crippen LogP contribution is -2.19. The van der Waals surface area contributed by atoms with Crippen LogP contribution < -0.4 is 0 Å². The maximum Gasteiger partial charge on any atom is 0.0666 e. The molecule has 0 saturated heterocycles. The number of nitrogens with zero attached hydrogens (tertiary/aromatic N) is 2. The van der Waals surface area contributed by atoms with Crippen LogP contribution >= 0.6 is 0 Å². The van der Waals surface area contributed by atoms with Crippen LogP contribution in [0.3, 0.4) is 0 Å². The Morgan fingerprint density at radius 2 is 2.25 bits per heavy atom. The molecule has 2 atom stereocenters. The third kappa shape index (κ3) is 1.99. The highest BCUT2D eigenvalue weighted by atomic mass is 16.3. The largest absolute Gasteiger partial charge is 0.396 e. The van der Waals surface area contributed by atoms with E-state index in [1.807, 2.05) is 0 Å². The molecule has 0 amide bonds. The normalized spacial score (nSPS) is 15.6. The predicted octanol–water partition coefficient (Wildman–Crippen LogP) is -0.0667. The quantitative estimate of drug-likeness (QED) is 0.663. The minimum atomic E-state index is -0.605. The van der Waals surface area contributed by atoms with Gasteiger partial charge in [-0.1, -0.05) is 0 Å². The van der Waals surface area contributed by atoms with Crippen LogP contribution in [0.4, 0.5) is 0 Å². The average Bonchev–Trinajstić information content (AvgIpc) is 2.07. The second kappa shape index (κ2) is 4.13. The van der Waals surface area contributed by atoms with E-state index >= 15 is 0 Å². The van der Waals surface area contributed by atoms with Crippen molar-refractivity contribution in [3.05, 3.63) is 24.3 Å². The first-order chi connectivity index (χ1) is 5.75. The van der Waals surface area contributed by atoms with Gasteiger partial charge in [0.15, 0.2) is 0 Å². The van der Waals surface area contributed by atoms with Crippen molar-refractivity contribution in [2.75, 3.05) is 6.61 Å². The van der Waals surface area contributed by atoms with Crippen LogP contribution in [0.15, 0.2) is 18.6 Å². The van der Waals surface area contributed by atoms with E-state index in [0.29, 0.717) is 5.69 Å². The number of rotatable bonds is 3. The SMILES string of the molecule is CC(O)C(CO)c1cnccn1. The van der Waals surface area contributed by atoms with E-state index in [1.165, 1.54) is 0 Å². The van der Waals surface area contributed by atoms with Crippen molar-refractivity contribution in [1.82, 2.24) is 9.97 Å². The van der Waals surface area contributed by atoms with E-state index in [2.05, 4.69) is 9.97 Å². The Labute approximate surface area is 70.9 Å². The Bertz CT molecular complexity index is 226. The average molecular weight is 168 g/mol. The van der Waals surface area contributed by atoms with Gasteiger partial charge in [0, 0.05) is 18.6 Å². The van der Waals surface area contributed by atoms with Gasteiger partial charge in [-0.3, -0.25) is 9.97 Å². The summed E-state index contributed by atoms with van der Waals surface area (Å²) in [5, 5.41) is 18.2. The molecule has 66 valence electrons. The zero-order valence-corrected chi connectivity index (χ0v) is 6.88. The molecule has 0 radical (unpaired) electrons. The number of aliphatic hydroxyl groups excluding tert-OH is 2. The zero-order valence-electron chi connectivity index (χ0n) is 6.88. The third-order valence-corrected chi connectivity index (χ3v) is 1.74. The Balaban J connectivity index is 2.80. The predicted molar refractivity (Wildman–Crippen MR) is 43.5 cm³/mol. The van der Waals surface area contributed by atoms with Gasteiger partial charge in [-0.2, -0.15) is 0 Å². The summed E-state index contributed by atoms with van der Waals surface area (Å²) in [6.07, 6.45) is 4.04. The number of hydrogen-bond donors (Lipinski definition) is 2. The molecule has 1 rings (SSSR count). The number of aliphatic hydroxyl groups is 2. The molecule has 0 bridgehead atoms. The Kier molecular flexibility index (Phi) is 3.13. The molecule has 4 nitrogen and oxygen atoms in total. The highest BCUT2D eigenvalue weighted by molar-refractivity contribution is 5.05. The minimum Gasteiger partial charge on any atom is -0.396 e. The molecule has 0 aliphatic rings. The van der Waals surface area contributed by atoms with E-state index in [1.54, 1.807) is 25.5 Å². The lowest BCUT2D eigenvalue weighted by Gasteiger charge is -2.15. The minimum absolute atomic E-state index is 0.115. The molecule has 4 heteroatoms. The van der Waals surface area contributed by atoms with Gasteiger partial charge in [-0.15, -0.1) is 0 Å². The van der Waals surface area contributed by atoms with Gasteiger partial charge in [0.2, 0.25) is 0 Å². The smallest absolute Gasteiger partial charge is 0.0666 e. The summed E-state index contributed by atoms with van der Waals surface area (Å²) < 4.78 is 0. The number of aromatic nitrogens is 2.